The molecule has 1 amide bonds. The normalized spacial score (nSPS) is 11.2. The zero-order valence-electron chi connectivity index (χ0n) is 17.3. The molecule has 0 fully saturated rings. The zero-order valence-corrected chi connectivity index (χ0v) is 17.3. The highest BCUT2D eigenvalue weighted by Crippen LogP contribution is 2.30. The SMILES string of the molecule is CCC(C)(C)c1ccc(Oc2cccc(C(=O)N(C)c3ccc(O)cc3)c2)cc1. The van der Waals surface area contributed by atoms with E-state index < -0.39 is 0 Å². The Morgan fingerprint density at radius 1 is 0.966 bits per heavy atom. The van der Waals surface area contributed by atoms with Crippen molar-refractivity contribution in [2.45, 2.75) is 32.6 Å². The monoisotopic (exact) mass is 389 g/mol. The first-order valence-electron chi connectivity index (χ1n) is 9.76. The molecule has 0 saturated carbocycles. The zero-order chi connectivity index (χ0) is 21.0. The third-order valence-electron chi connectivity index (χ3n) is 5.38. The predicted molar refractivity (Wildman–Crippen MR) is 117 cm³/mol. The first-order chi connectivity index (χ1) is 13.8. The molecular weight excluding hydrogens is 362 g/mol. The van der Waals surface area contributed by atoms with Gasteiger partial charge in [0.2, 0.25) is 0 Å². The summed E-state index contributed by atoms with van der Waals surface area (Å²) in [7, 11) is 1.70. The minimum absolute atomic E-state index is 0.129. The lowest BCUT2D eigenvalue weighted by atomic mass is 9.82. The highest BCUT2D eigenvalue weighted by Gasteiger charge is 2.18. The molecule has 0 heterocycles. The van der Waals surface area contributed by atoms with Crippen molar-refractivity contribution in [1.82, 2.24) is 0 Å². The Morgan fingerprint density at radius 3 is 2.24 bits per heavy atom. The van der Waals surface area contributed by atoms with E-state index >= 15 is 0 Å². The molecule has 0 bridgehead atoms. The molecule has 0 aliphatic heterocycles. The third kappa shape index (κ3) is 4.77. The topological polar surface area (TPSA) is 49.8 Å². The number of ether oxygens (including phenoxy) is 1. The van der Waals surface area contributed by atoms with E-state index in [1.165, 1.54) is 5.56 Å². The van der Waals surface area contributed by atoms with Gasteiger partial charge in [0, 0.05) is 18.3 Å². The van der Waals surface area contributed by atoms with Gasteiger partial charge < -0.3 is 14.7 Å². The van der Waals surface area contributed by atoms with E-state index in [4.69, 9.17) is 4.74 Å². The number of carbonyl (C=O) groups excluding carboxylic acids is 1. The number of rotatable bonds is 6. The Hall–Kier alpha value is -3.27. The van der Waals surface area contributed by atoms with E-state index in [-0.39, 0.29) is 17.1 Å². The van der Waals surface area contributed by atoms with Gasteiger partial charge in [0.05, 0.1) is 0 Å². The second kappa shape index (κ2) is 8.39. The van der Waals surface area contributed by atoms with E-state index in [0.717, 1.165) is 12.2 Å². The molecule has 0 aliphatic rings. The van der Waals surface area contributed by atoms with Gasteiger partial charge in [-0.15, -0.1) is 0 Å². The van der Waals surface area contributed by atoms with Gasteiger partial charge in [0.1, 0.15) is 17.2 Å². The highest BCUT2D eigenvalue weighted by molar-refractivity contribution is 6.05. The van der Waals surface area contributed by atoms with Crippen molar-refractivity contribution < 1.29 is 14.6 Å². The molecule has 4 nitrogen and oxygen atoms in total. The maximum Gasteiger partial charge on any atom is 0.258 e. The number of hydrogen-bond donors (Lipinski definition) is 1. The maximum atomic E-state index is 12.8. The molecule has 4 heteroatoms. The summed E-state index contributed by atoms with van der Waals surface area (Å²) >= 11 is 0. The van der Waals surface area contributed by atoms with E-state index in [2.05, 4.69) is 32.9 Å². The van der Waals surface area contributed by atoms with E-state index in [9.17, 15) is 9.90 Å². The fourth-order valence-corrected chi connectivity index (χ4v) is 2.99. The van der Waals surface area contributed by atoms with Crippen LogP contribution in [0.5, 0.6) is 17.2 Å². The van der Waals surface area contributed by atoms with Crippen LogP contribution in [0.4, 0.5) is 5.69 Å². The lowest BCUT2D eigenvalue weighted by Crippen LogP contribution is -2.26. The number of phenolic OH excluding ortho intramolecular Hbond substituents is 1. The Morgan fingerprint density at radius 2 is 1.62 bits per heavy atom. The Kier molecular flexibility index (Phi) is 5.92. The van der Waals surface area contributed by atoms with Crippen LogP contribution in [0.25, 0.3) is 0 Å². The summed E-state index contributed by atoms with van der Waals surface area (Å²) in [6.45, 7) is 6.63. The van der Waals surface area contributed by atoms with Crippen LogP contribution in [0.1, 0.15) is 43.1 Å². The second-order valence-corrected chi connectivity index (χ2v) is 7.77. The first kappa shape index (κ1) is 20.5. The largest absolute Gasteiger partial charge is 0.508 e. The lowest BCUT2D eigenvalue weighted by Gasteiger charge is -2.23. The van der Waals surface area contributed by atoms with Crippen LogP contribution >= 0.6 is 0 Å². The van der Waals surface area contributed by atoms with Crippen LogP contribution in [-0.2, 0) is 5.41 Å². The number of amides is 1. The first-order valence-corrected chi connectivity index (χ1v) is 9.76. The van der Waals surface area contributed by atoms with Crippen LogP contribution in [0.2, 0.25) is 0 Å². The fraction of sp³-hybridized carbons (Fsp3) is 0.240. The molecule has 0 aromatic heterocycles. The summed E-state index contributed by atoms with van der Waals surface area (Å²) in [6.07, 6.45) is 1.06. The molecule has 0 saturated heterocycles. The van der Waals surface area contributed by atoms with Crippen molar-refractivity contribution >= 4 is 11.6 Å². The smallest absolute Gasteiger partial charge is 0.258 e. The van der Waals surface area contributed by atoms with Crippen molar-refractivity contribution in [2.75, 3.05) is 11.9 Å². The van der Waals surface area contributed by atoms with Crippen molar-refractivity contribution in [2.24, 2.45) is 0 Å². The van der Waals surface area contributed by atoms with Gasteiger partial charge in [-0.1, -0.05) is 39.0 Å². The Balaban J connectivity index is 1.75. The summed E-state index contributed by atoms with van der Waals surface area (Å²) < 4.78 is 5.97. The maximum absolute atomic E-state index is 12.8. The number of nitrogens with zero attached hydrogens (tertiary/aromatic N) is 1. The number of aromatic hydroxyl groups is 1. The molecule has 0 spiro atoms. The summed E-state index contributed by atoms with van der Waals surface area (Å²) in [5.41, 5.74) is 2.63. The van der Waals surface area contributed by atoms with Crippen molar-refractivity contribution in [3.8, 4) is 17.2 Å². The van der Waals surface area contributed by atoms with Gasteiger partial charge in [-0.25, -0.2) is 0 Å². The standard InChI is InChI=1S/C25H27NO3/c1-5-25(2,3)19-9-15-22(16-10-19)29-23-8-6-7-18(17-23)24(28)26(4)20-11-13-21(27)14-12-20/h6-17,27H,5H2,1-4H3. The molecule has 1 N–H and O–H groups in total. The molecular formula is C25H27NO3. The average molecular weight is 389 g/mol. The van der Waals surface area contributed by atoms with Crippen LogP contribution in [0.3, 0.4) is 0 Å². The van der Waals surface area contributed by atoms with Gasteiger partial charge in [0.25, 0.3) is 5.91 Å². The van der Waals surface area contributed by atoms with Gasteiger partial charge in [0.15, 0.2) is 0 Å². The van der Waals surface area contributed by atoms with Gasteiger partial charge in [-0.05, 0) is 72.0 Å². The molecule has 0 unspecified atom stereocenters. The summed E-state index contributed by atoms with van der Waals surface area (Å²) in [4.78, 5) is 14.4. The van der Waals surface area contributed by atoms with Crippen molar-refractivity contribution in [3.05, 3.63) is 83.9 Å². The molecule has 0 atom stereocenters. The Labute approximate surface area is 172 Å². The number of phenols is 1. The summed E-state index contributed by atoms with van der Waals surface area (Å²) in [6, 6.07) is 21.8. The molecule has 3 rings (SSSR count). The Bertz CT molecular complexity index is 976. The summed E-state index contributed by atoms with van der Waals surface area (Å²) in [5.74, 6) is 1.36. The molecule has 3 aromatic rings. The van der Waals surface area contributed by atoms with Crippen LogP contribution in [0, 0.1) is 0 Å². The van der Waals surface area contributed by atoms with Gasteiger partial charge >= 0.3 is 0 Å². The number of carbonyl (C=O) groups is 1. The van der Waals surface area contributed by atoms with E-state index in [1.54, 1.807) is 48.3 Å². The number of hydrogen-bond acceptors (Lipinski definition) is 3. The van der Waals surface area contributed by atoms with Crippen LogP contribution in [0.15, 0.2) is 72.8 Å². The quantitative estimate of drug-likeness (QED) is 0.550. The highest BCUT2D eigenvalue weighted by atomic mass is 16.5. The van der Waals surface area contributed by atoms with Gasteiger partial charge in [-0.2, -0.15) is 0 Å². The second-order valence-electron chi connectivity index (χ2n) is 7.77. The van der Waals surface area contributed by atoms with Crippen molar-refractivity contribution in [1.29, 1.82) is 0 Å². The van der Waals surface area contributed by atoms with E-state index in [0.29, 0.717) is 17.0 Å². The number of anilines is 1. The minimum atomic E-state index is -0.152. The average Bonchev–Trinajstić information content (AvgIpc) is 2.74. The lowest BCUT2D eigenvalue weighted by molar-refractivity contribution is 0.0992. The molecule has 0 radical (unpaired) electrons. The minimum Gasteiger partial charge on any atom is -0.508 e. The summed E-state index contributed by atoms with van der Waals surface area (Å²) in [5, 5.41) is 9.43. The van der Waals surface area contributed by atoms with Gasteiger partial charge in [-0.3, -0.25) is 4.79 Å². The fourth-order valence-electron chi connectivity index (χ4n) is 2.99. The van der Waals surface area contributed by atoms with Crippen LogP contribution in [-0.4, -0.2) is 18.1 Å². The molecule has 3 aromatic carbocycles. The predicted octanol–water partition coefficient (Wildman–Crippen LogP) is 6.15. The number of benzene rings is 3. The third-order valence-corrected chi connectivity index (χ3v) is 5.38. The van der Waals surface area contributed by atoms with Crippen LogP contribution < -0.4 is 9.64 Å². The van der Waals surface area contributed by atoms with Crippen molar-refractivity contribution in [3.63, 3.8) is 0 Å². The molecule has 0 aliphatic carbocycles. The molecule has 29 heavy (non-hydrogen) atoms. The van der Waals surface area contributed by atoms with E-state index in [1.807, 2.05) is 24.3 Å². The molecule has 150 valence electrons.